The Bertz CT molecular complexity index is 2310. The van der Waals surface area contributed by atoms with Crippen LogP contribution in [0.25, 0.3) is 69.9 Å². The summed E-state index contributed by atoms with van der Waals surface area (Å²) in [5.74, 6) is -0.415. The third-order valence-electron chi connectivity index (χ3n) is 8.08. The summed E-state index contributed by atoms with van der Waals surface area (Å²) >= 11 is 1.75. The number of hydrogen-bond acceptors (Lipinski definition) is 2. The van der Waals surface area contributed by atoms with E-state index < -0.39 is 5.82 Å². The summed E-state index contributed by atoms with van der Waals surface area (Å²) in [5.41, 5.74) is 5.17. The van der Waals surface area contributed by atoms with Gasteiger partial charge in [-0.2, -0.15) is 5.26 Å². The third-order valence-corrected chi connectivity index (χ3v) is 9.78. The van der Waals surface area contributed by atoms with Gasteiger partial charge in [0.1, 0.15) is 6.07 Å². The van der Waals surface area contributed by atoms with Crippen molar-refractivity contribution in [3.05, 3.63) is 133 Å². The number of nitrogens with zero attached hydrogens (tertiary/aromatic N) is 2. The van der Waals surface area contributed by atoms with Gasteiger partial charge in [0, 0.05) is 47.4 Å². The maximum absolute atomic E-state index is 17.3. The predicted octanol–water partition coefficient (Wildman–Crippen LogP) is 10.00. The van der Waals surface area contributed by atoms with Crippen LogP contribution in [0, 0.1) is 17.1 Å². The van der Waals surface area contributed by atoms with Gasteiger partial charge in [0.05, 0.1) is 22.3 Å². The molecule has 1 atom stereocenters. The number of thiophene rings is 1. The fraction of sp³-hybridized carbons (Fsp3) is 0. The zero-order chi connectivity index (χ0) is 28.4. The van der Waals surface area contributed by atoms with Gasteiger partial charge < -0.3 is 4.57 Å². The molecule has 0 amide bonds. The van der Waals surface area contributed by atoms with E-state index in [2.05, 4.69) is 57.8 Å². The van der Waals surface area contributed by atoms with Crippen molar-refractivity contribution in [2.75, 3.05) is 0 Å². The summed E-state index contributed by atoms with van der Waals surface area (Å²) in [5, 5.41) is 15.7. The molecule has 2 aromatic heterocycles. The Morgan fingerprint density at radius 1 is 0.619 bits per heavy atom. The molecule has 6 aromatic carbocycles. The lowest BCUT2D eigenvalue weighted by atomic mass is 9.90. The second-order valence-corrected chi connectivity index (χ2v) is 12.0. The molecule has 0 aliphatic heterocycles. The van der Waals surface area contributed by atoms with Crippen LogP contribution in [0.3, 0.4) is 0 Å². The van der Waals surface area contributed by atoms with Crippen molar-refractivity contribution in [1.29, 1.82) is 5.26 Å². The van der Waals surface area contributed by atoms with E-state index in [1.165, 1.54) is 15.5 Å². The number of para-hydroxylation sites is 1. The number of benzene rings is 6. The minimum atomic E-state index is -0.415. The number of aromatic nitrogens is 1. The minimum Gasteiger partial charge on any atom is -0.306 e. The Hall–Kier alpha value is -4.81. The molecule has 0 aliphatic rings. The van der Waals surface area contributed by atoms with E-state index in [0.717, 1.165) is 32.1 Å². The molecule has 2 nitrogen and oxygen atoms in total. The molecule has 0 spiro atoms. The highest BCUT2D eigenvalue weighted by atomic mass is 32.1. The molecule has 0 radical (unpaired) electrons. The van der Waals surface area contributed by atoms with Crippen LogP contribution >= 0.6 is 20.6 Å². The highest BCUT2D eigenvalue weighted by Gasteiger charge is 2.27. The van der Waals surface area contributed by atoms with Crippen LogP contribution in [0.5, 0.6) is 0 Å². The van der Waals surface area contributed by atoms with E-state index in [0.29, 0.717) is 33.2 Å². The summed E-state index contributed by atoms with van der Waals surface area (Å²) in [6.07, 6.45) is 0. The van der Waals surface area contributed by atoms with Gasteiger partial charge in [0.25, 0.3) is 0 Å². The molecule has 42 heavy (non-hydrogen) atoms. The van der Waals surface area contributed by atoms with Crippen LogP contribution in [0.4, 0.5) is 4.39 Å². The molecule has 0 N–H and O–H groups in total. The topological polar surface area (TPSA) is 28.7 Å². The third kappa shape index (κ3) is 3.58. The highest BCUT2D eigenvalue weighted by molar-refractivity contribution is 7.28. The standard InChI is InChI=1S/C37H22FN2PS/c38-35-33(22-11-3-1-4-12-22)28(21-39)34(23-13-5-2-6-14-23)37(41)36(35)40-29-17-9-7-15-24(29)26-19-27-25-16-8-10-18-31(25)42-32(27)20-30(26)40/h1-20H,41H2. The van der Waals surface area contributed by atoms with Crippen molar-refractivity contribution >= 4 is 67.9 Å². The molecule has 0 fully saturated rings. The molecule has 1 unspecified atom stereocenters. The first kappa shape index (κ1) is 24.9. The van der Waals surface area contributed by atoms with E-state index >= 15 is 4.39 Å². The van der Waals surface area contributed by atoms with Crippen LogP contribution in [0.2, 0.25) is 0 Å². The van der Waals surface area contributed by atoms with Crippen LogP contribution in [-0.2, 0) is 0 Å². The average Bonchev–Trinajstić information content (AvgIpc) is 3.55. The van der Waals surface area contributed by atoms with Gasteiger partial charge in [0.2, 0.25) is 0 Å². The van der Waals surface area contributed by atoms with Gasteiger partial charge in [-0.25, -0.2) is 4.39 Å². The highest BCUT2D eigenvalue weighted by Crippen LogP contribution is 2.43. The van der Waals surface area contributed by atoms with Gasteiger partial charge in [0.15, 0.2) is 5.82 Å². The Morgan fingerprint density at radius 3 is 1.95 bits per heavy atom. The molecule has 0 aliphatic carbocycles. The van der Waals surface area contributed by atoms with Gasteiger partial charge >= 0.3 is 0 Å². The zero-order valence-electron chi connectivity index (χ0n) is 22.3. The predicted molar refractivity (Wildman–Crippen MR) is 179 cm³/mol. The normalized spacial score (nSPS) is 11.5. The van der Waals surface area contributed by atoms with Crippen molar-refractivity contribution in [3.63, 3.8) is 0 Å². The summed E-state index contributed by atoms with van der Waals surface area (Å²) in [4.78, 5) is 0. The monoisotopic (exact) mass is 576 g/mol. The molecule has 5 heteroatoms. The fourth-order valence-electron chi connectivity index (χ4n) is 6.26. The van der Waals surface area contributed by atoms with Gasteiger partial charge in [-0.3, -0.25) is 0 Å². The fourth-order valence-corrected chi connectivity index (χ4v) is 7.95. The quantitative estimate of drug-likeness (QED) is 0.192. The Labute approximate surface area is 248 Å². The van der Waals surface area contributed by atoms with E-state index in [1.807, 2.05) is 83.4 Å². The first-order chi connectivity index (χ1) is 20.7. The molecular weight excluding hydrogens is 554 g/mol. The van der Waals surface area contributed by atoms with E-state index in [4.69, 9.17) is 0 Å². The Morgan fingerprint density at radius 2 is 1.24 bits per heavy atom. The maximum Gasteiger partial charge on any atom is 0.157 e. The average molecular weight is 577 g/mol. The molecule has 0 saturated carbocycles. The van der Waals surface area contributed by atoms with Crippen molar-refractivity contribution in [2.24, 2.45) is 0 Å². The second-order valence-electron chi connectivity index (χ2n) is 10.4. The zero-order valence-corrected chi connectivity index (χ0v) is 24.3. The lowest BCUT2D eigenvalue weighted by Crippen LogP contribution is -2.15. The van der Waals surface area contributed by atoms with E-state index in [-0.39, 0.29) is 0 Å². The van der Waals surface area contributed by atoms with Gasteiger partial charge in [-0.1, -0.05) is 97.1 Å². The lowest BCUT2D eigenvalue weighted by Gasteiger charge is -2.21. The smallest absolute Gasteiger partial charge is 0.157 e. The second kappa shape index (κ2) is 9.64. The number of hydrogen-bond donors (Lipinski definition) is 0. The van der Waals surface area contributed by atoms with Crippen LogP contribution < -0.4 is 5.30 Å². The van der Waals surface area contributed by atoms with Crippen LogP contribution in [-0.4, -0.2) is 4.57 Å². The maximum atomic E-state index is 17.3. The van der Waals surface area contributed by atoms with Gasteiger partial charge in [-0.15, -0.1) is 20.6 Å². The SMILES string of the molecule is N#Cc1c(-c2ccccc2)c(F)c(-n2c3ccccc3c3cc4c(cc32)sc2ccccc24)c(P)c1-c1ccccc1. The number of rotatable bonds is 3. The van der Waals surface area contributed by atoms with Crippen molar-refractivity contribution in [3.8, 4) is 34.0 Å². The lowest BCUT2D eigenvalue weighted by molar-refractivity contribution is 0.625. The molecule has 198 valence electrons. The van der Waals surface area contributed by atoms with E-state index in [9.17, 15) is 5.26 Å². The molecule has 2 heterocycles. The number of nitriles is 1. The van der Waals surface area contributed by atoms with Crippen LogP contribution in [0.1, 0.15) is 5.56 Å². The number of halogens is 1. The Kier molecular flexibility index (Phi) is 5.72. The largest absolute Gasteiger partial charge is 0.306 e. The molecule has 0 saturated heterocycles. The van der Waals surface area contributed by atoms with Crippen molar-refractivity contribution in [1.82, 2.24) is 4.57 Å². The summed E-state index contributed by atoms with van der Waals surface area (Å²) in [6, 6.07) is 42.7. The van der Waals surface area contributed by atoms with Gasteiger partial charge in [-0.05, 0) is 35.4 Å². The molecular formula is C37H22FN2PS. The number of fused-ring (bicyclic) bond motifs is 6. The first-order valence-corrected chi connectivity index (χ1v) is 15.1. The summed E-state index contributed by atoms with van der Waals surface area (Å²) in [7, 11) is 2.78. The minimum absolute atomic E-state index is 0.312. The van der Waals surface area contributed by atoms with E-state index in [1.54, 1.807) is 11.3 Å². The summed E-state index contributed by atoms with van der Waals surface area (Å²) in [6.45, 7) is 0. The first-order valence-electron chi connectivity index (χ1n) is 13.7. The van der Waals surface area contributed by atoms with Crippen molar-refractivity contribution < 1.29 is 4.39 Å². The van der Waals surface area contributed by atoms with Crippen LogP contribution in [0.15, 0.2) is 121 Å². The Balaban J connectivity index is 1.58. The molecule has 8 rings (SSSR count). The molecule has 8 aromatic rings. The molecule has 0 bridgehead atoms. The van der Waals surface area contributed by atoms with Crippen molar-refractivity contribution in [2.45, 2.75) is 0 Å². The summed E-state index contributed by atoms with van der Waals surface area (Å²) < 4.78 is 21.7.